The average molecular weight is 380 g/mol. The van der Waals surface area contributed by atoms with Crippen LogP contribution in [0.25, 0.3) is 11.5 Å². The molecule has 3 aromatic rings. The van der Waals surface area contributed by atoms with Crippen molar-refractivity contribution in [3.05, 3.63) is 53.4 Å². The summed E-state index contributed by atoms with van der Waals surface area (Å²) in [5.74, 6) is 2.79. The van der Waals surface area contributed by atoms with Crippen molar-refractivity contribution in [1.29, 1.82) is 0 Å². The Balaban J connectivity index is 1.51. The molecular weight excluding hydrogens is 360 g/mol. The zero-order valence-corrected chi connectivity index (χ0v) is 15.9. The maximum absolute atomic E-state index is 12.5. The van der Waals surface area contributed by atoms with E-state index in [1.807, 2.05) is 43.3 Å². The van der Waals surface area contributed by atoms with Crippen LogP contribution in [-0.2, 0) is 11.2 Å². The summed E-state index contributed by atoms with van der Waals surface area (Å²) in [7, 11) is 1.57. The minimum absolute atomic E-state index is 0.0942. The first-order chi connectivity index (χ1) is 13.5. The van der Waals surface area contributed by atoms with E-state index < -0.39 is 0 Å². The number of oxazole rings is 1. The lowest BCUT2D eigenvalue weighted by Gasteiger charge is -2.10. The van der Waals surface area contributed by atoms with Crippen LogP contribution in [0.4, 0.5) is 5.69 Å². The number of benzene rings is 2. The van der Waals surface area contributed by atoms with E-state index in [1.165, 1.54) is 0 Å². The van der Waals surface area contributed by atoms with Crippen molar-refractivity contribution < 1.29 is 23.4 Å². The lowest BCUT2D eigenvalue weighted by atomic mass is 10.2. The Morgan fingerprint density at radius 3 is 2.79 bits per heavy atom. The molecular formula is C21H20N2O5. The first-order valence-electron chi connectivity index (χ1n) is 8.84. The van der Waals surface area contributed by atoms with Gasteiger partial charge in [0, 0.05) is 5.56 Å². The quantitative estimate of drug-likeness (QED) is 0.723. The second-order valence-electron chi connectivity index (χ2n) is 6.52. The number of aryl methyl sites for hydroxylation is 2. The molecule has 0 fully saturated rings. The molecule has 1 aliphatic heterocycles. The van der Waals surface area contributed by atoms with Crippen molar-refractivity contribution in [3.63, 3.8) is 0 Å². The maximum Gasteiger partial charge on any atom is 0.231 e. The molecule has 1 aromatic heterocycles. The van der Waals surface area contributed by atoms with E-state index in [2.05, 4.69) is 10.3 Å². The number of rotatable bonds is 5. The molecule has 1 N–H and O–H groups in total. The molecule has 1 aliphatic rings. The Hall–Kier alpha value is -3.48. The van der Waals surface area contributed by atoms with Crippen LogP contribution >= 0.6 is 0 Å². The number of nitrogens with zero attached hydrogens (tertiary/aromatic N) is 1. The molecule has 0 aliphatic carbocycles. The van der Waals surface area contributed by atoms with Gasteiger partial charge in [-0.25, -0.2) is 4.98 Å². The summed E-state index contributed by atoms with van der Waals surface area (Å²) < 4.78 is 21.8. The molecule has 0 spiro atoms. The first-order valence-corrected chi connectivity index (χ1v) is 8.84. The number of anilines is 1. The average Bonchev–Trinajstić information content (AvgIpc) is 3.28. The molecule has 1 amide bonds. The van der Waals surface area contributed by atoms with E-state index in [4.69, 9.17) is 18.6 Å². The number of carbonyl (C=O) groups is 1. The first kappa shape index (κ1) is 17.9. The Morgan fingerprint density at radius 2 is 1.96 bits per heavy atom. The van der Waals surface area contributed by atoms with Gasteiger partial charge >= 0.3 is 0 Å². The Bertz CT molecular complexity index is 1040. The number of aromatic nitrogens is 1. The highest BCUT2D eigenvalue weighted by Crippen LogP contribution is 2.36. The smallest absolute Gasteiger partial charge is 0.231 e. The van der Waals surface area contributed by atoms with Crippen molar-refractivity contribution in [2.45, 2.75) is 20.3 Å². The van der Waals surface area contributed by atoms with Gasteiger partial charge in [0.15, 0.2) is 11.5 Å². The highest BCUT2D eigenvalue weighted by molar-refractivity contribution is 5.93. The molecule has 144 valence electrons. The molecule has 0 bridgehead atoms. The fourth-order valence-corrected chi connectivity index (χ4v) is 3.01. The summed E-state index contributed by atoms with van der Waals surface area (Å²) in [4.78, 5) is 17.0. The van der Waals surface area contributed by atoms with E-state index in [0.29, 0.717) is 40.3 Å². The van der Waals surface area contributed by atoms with E-state index in [1.54, 1.807) is 14.0 Å². The molecule has 0 saturated carbocycles. The Labute approximate surface area is 162 Å². The number of fused-ring (bicyclic) bond motifs is 1. The van der Waals surface area contributed by atoms with Gasteiger partial charge in [-0.05, 0) is 49.7 Å². The lowest BCUT2D eigenvalue weighted by Crippen LogP contribution is -2.15. The molecule has 28 heavy (non-hydrogen) atoms. The van der Waals surface area contributed by atoms with Crippen molar-refractivity contribution in [1.82, 2.24) is 4.98 Å². The van der Waals surface area contributed by atoms with Crippen molar-refractivity contribution in [2.75, 3.05) is 19.2 Å². The fraction of sp³-hybridized carbons (Fsp3) is 0.238. The molecule has 2 heterocycles. The second kappa shape index (κ2) is 7.26. The minimum Gasteiger partial charge on any atom is -0.495 e. The van der Waals surface area contributed by atoms with E-state index >= 15 is 0 Å². The summed E-state index contributed by atoms with van der Waals surface area (Å²) >= 11 is 0. The third-order valence-electron chi connectivity index (χ3n) is 4.47. The van der Waals surface area contributed by atoms with Crippen LogP contribution in [-0.4, -0.2) is 24.8 Å². The van der Waals surface area contributed by atoms with Crippen LogP contribution in [0.1, 0.15) is 17.0 Å². The molecule has 0 radical (unpaired) electrons. The highest BCUT2D eigenvalue weighted by Gasteiger charge is 2.19. The standard InChI is InChI=1S/C21H20N2O5/c1-12-4-6-17(25-3)16(8-12)22-20(24)10-15-13(2)28-21(23-15)14-5-7-18-19(9-14)27-11-26-18/h4-9H,10-11H2,1-3H3,(H,22,24). The summed E-state index contributed by atoms with van der Waals surface area (Å²) in [6.07, 6.45) is 0.0942. The van der Waals surface area contributed by atoms with Crippen LogP contribution in [0.5, 0.6) is 17.2 Å². The summed E-state index contributed by atoms with van der Waals surface area (Å²) in [6.45, 7) is 3.95. The van der Waals surface area contributed by atoms with Gasteiger partial charge in [-0.3, -0.25) is 4.79 Å². The Morgan fingerprint density at radius 1 is 1.14 bits per heavy atom. The van der Waals surface area contributed by atoms with E-state index in [-0.39, 0.29) is 19.1 Å². The van der Waals surface area contributed by atoms with Crippen LogP contribution in [0.2, 0.25) is 0 Å². The monoisotopic (exact) mass is 380 g/mol. The molecule has 0 atom stereocenters. The number of nitrogens with one attached hydrogen (secondary N) is 1. The zero-order chi connectivity index (χ0) is 19.7. The number of methoxy groups -OCH3 is 1. The van der Waals surface area contributed by atoms with Gasteiger partial charge in [0.25, 0.3) is 0 Å². The second-order valence-corrected chi connectivity index (χ2v) is 6.52. The topological polar surface area (TPSA) is 82.8 Å². The fourth-order valence-electron chi connectivity index (χ4n) is 3.01. The predicted octanol–water partition coefficient (Wildman–Crippen LogP) is 3.88. The third-order valence-corrected chi connectivity index (χ3v) is 4.47. The summed E-state index contributed by atoms with van der Waals surface area (Å²) in [6, 6.07) is 11.1. The molecule has 2 aromatic carbocycles. The number of carbonyl (C=O) groups excluding carboxylic acids is 1. The summed E-state index contributed by atoms with van der Waals surface area (Å²) in [5, 5.41) is 2.88. The van der Waals surface area contributed by atoms with Gasteiger partial charge in [0.1, 0.15) is 11.5 Å². The van der Waals surface area contributed by atoms with Gasteiger partial charge in [-0.1, -0.05) is 6.07 Å². The molecule has 0 unspecified atom stereocenters. The molecule has 7 heteroatoms. The number of hydrogen-bond donors (Lipinski definition) is 1. The lowest BCUT2D eigenvalue weighted by molar-refractivity contribution is -0.115. The SMILES string of the molecule is COc1ccc(C)cc1NC(=O)Cc1nc(-c2ccc3c(c2)OCO3)oc1C. The molecule has 4 rings (SSSR count). The Kier molecular flexibility index (Phi) is 4.65. The zero-order valence-electron chi connectivity index (χ0n) is 15.9. The highest BCUT2D eigenvalue weighted by atomic mass is 16.7. The van der Waals surface area contributed by atoms with Crippen molar-refractivity contribution in [2.24, 2.45) is 0 Å². The number of amides is 1. The van der Waals surface area contributed by atoms with Crippen LogP contribution < -0.4 is 19.5 Å². The maximum atomic E-state index is 12.5. The van der Waals surface area contributed by atoms with Gasteiger partial charge in [-0.2, -0.15) is 0 Å². The van der Waals surface area contributed by atoms with Gasteiger partial charge in [0.05, 0.1) is 24.9 Å². The predicted molar refractivity (Wildman–Crippen MR) is 103 cm³/mol. The van der Waals surface area contributed by atoms with Crippen molar-refractivity contribution >= 4 is 11.6 Å². The van der Waals surface area contributed by atoms with Crippen LogP contribution in [0, 0.1) is 13.8 Å². The van der Waals surface area contributed by atoms with Crippen LogP contribution in [0.15, 0.2) is 40.8 Å². The van der Waals surface area contributed by atoms with Gasteiger partial charge in [0.2, 0.25) is 18.6 Å². The normalized spacial score (nSPS) is 12.1. The number of ether oxygens (including phenoxy) is 3. The van der Waals surface area contributed by atoms with Gasteiger partial charge < -0.3 is 23.9 Å². The van der Waals surface area contributed by atoms with Crippen LogP contribution in [0.3, 0.4) is 0 Å². The third kappa shape index (κ3) is 3.51. The van der Waals surface area contributed by atoms with Gasteiger partial charge in [-0.15, -0.1) is 0 Å². The largest absolute Gasteiger partial charge is 0.495 e. The van der Waals surface area contributed by atoms with E-state index in [9.17, 15) is 4.79 Å². The summed E-state index contributed by atoms with van der Waals surface area (Å²) in [5.41, 5.74) is 3.00. The minimum atomic E-state index is -0.197. The van der Waals surface area contributed by atoms with E-state index in [0.717, 1.165) is 11.1 Å². The molecule has 0 saturated heterocycles. The number of hydrogen-bond acceptors (Lipinski definition) is 6. The van der Waals surface area contributed by atoms with Crippen molar-refractivity contribution in [3.8, 4) is 28.7 Å². The molecule has 7 nitrogen and oxygen atoms in total.